The maximum atomic E-state index is 13.4. The summed E-state index contributed by atoms with van der Waals surface area (Å²) in [5.41, 5.74) is 2.41. The third-order valence-electron chi connectivity index (χ3n) is 5.43. The summed E-state index contributed by atoms with van der Waals surface area (Å²) in [5.74, 6) is -0.164. The van der Waals surface area contributed by atoms with Crippen molar-refractivity contribution in [3.05, 3.63) is 100 Å². The summed E-state index contributed by atoms with van der Waals surface area (Å²) in [6.07, 6.45) is 0.921. The number of thioether (sulfide) groups is 1. The second-order valence-corrected chi connectivity index (χ2v) is 8.89. The lowest BCUT2D eigenvalue weighted by atomic mass is 10.1. The number of nitrogens with one attached hydrogen (secondary N) is 1. The maximum Gasteiger partial charge on any atom is 0.337 e. The van der Waals surface area contributed by atoms with Gasteiger partial charge in [-0.3, -0.25) is 14.2 Å². The van der Waals surface area contributed by atoms with Crippen molar-refractivity contribution in [2.24, 2.45) is 0 Å². The summed E-state index contributed by atoms with van der Waals surface area (Å²) in [7, 11) is 1.31. The quantitative estimate of drug-likeness (QED) is 0.212. The van der Waals surface area contributed by atoms with Gasteiger partial charge in [-0.15, -0.1) is 0 Å². The van der Waals surface area contributed by atoms with Crippen LogP contribution in [0.2, 0.25) is 0 Å². The molecule has 0 saturated heterocycles. The molecule has 0 spiro atoms. The van der Waals surface area contributed by atoms with E-state index in [9.17, 15) is 14.4 Å². The molecular weight excluding hydrogens is 462 g/mol. The molecule has 1 aromatic heterocycles. The zero-order valence-corrected chi connectivity index (χ0v) is 20.1. The summed E-state index contributed by atoms with van der Waals surface area (Å²) in [5, 5.41) is 3.80. The van der Waals surface area contributed by atoms with E-state index in [4.69, 9.17) is 9.72 Å². The summed E-state index contributed by atoms with van der Waals surface area (Å²) in [6.45, 7) is 0.448. The first-order chi connectivity index (χ1) is 17.0. The smallest absolute Gasteiger partial charge is 0.337 e. The third kappa shape index (κ3) is 6.16. The molecule has 7 nitrogen and oxygen atoms in total. The number of ether oxygens (including phenoxy) is 1. The fourth-order valence-corrected chi connectivity index (χ4v) is 4.58. The molecule has 0 aliphatic heterocycles. The molecule has 35 heavy (non-hydrogen) atoms. The first-order valence-electron chi connectivity index (χ1n) is 11.2. The second kappa shape index (κ2) is 11.5. The second-order valence-electron chi connectivity index (χ2n) is 7.82. The van der Waals surface area contributed by atoms with Crippen molar-refractivity contribution < 1.29 is 14.3 Å². The summed E-state index contributed by atoms with van der Waals surface area (Å²) in [6, 6.07) is 23.9. The van der Waals surface area contributed by atoms with E-state index < -0.39 is 5.97 Å². The van der Waals surface area contributed by atoms with Gasteiger partial charge in [0.15, 0.2) is 5.16 Å². The average Bonchev–Trinajstić information content (AvgIpc) is 2.89. The van der Waals surface area contributed by atoms with Crippen molar-refractivity contribution in [2.75, 3.05) is 18.2 Å². The molecule has 0 atom stereocenters. The van der Waals surface area contributed by atoms with E-state index in [0.29, 0.717) is 40.3 Å². The molecule has 0 bridgehead atoms. The Balaban J connectivity index is 1.58. The number of rotatable bonds is 9. The number of amides is 1. The van der Waals surface area contributed by atoms with E-state index in [0.717, 1.165) is 11.3 Å². The van der Waals surface area contributed by atoms with E-state index in [-0.39, 0.29) is 17.9 Å². The topological polar surface area (TPSA) is 90.3 Å². The van der Waals surface area contributed by atoms with Crippen molar-refractivity contribution in [3.63, 3.8) is 0 Å². The molecule has 1 amide bonds. The van der Waals surface area contributed by atoms with Crippen molar-refractivity contribution in [1.29, 1.82) is 0 Å². The fraction of sp³-hybridized carbons (Fsp3) is 0.185. The zero-order valence-electron chi connectivity index (χ0n) is 19.3. The third-order valence-corrected chi connectivity index (χ3v) is 6.40. The van der Waals surface area contributed by atoms with E-state index in [2.05, 4.69) is 5.32 Å². The molecule has 8 heteroatoms. The molecular formula is C27H25N3O4S. The van der Waals surface area contributed by atoms with Gasteiger partial charge in [0.25, 0.3) is 5.56 Å². The Kier molecular flexibility index (Phi) is 7.95. The number of nitrogens with zero attached hydrogens (tertiary/aromatic N) is 2. The van der Waals surface area contributed by atoms with E-state index >= 15 is 0 Å². The van der Waals surface area contributed by atoms with E-state index in [1.54, 1.807) is 22.8 Å². The molecule has 0 radical (unpaired) electrons. The lowest BCUT2D eigenvalue weighted by molar-refractivity contribution is -0.115. The number of benzene rings is 3. The van der Waals surface area contributed by atoms with Gasteiger partial charge in [-0.05, 0) is 42.3 Å². The molecule has 1 N–H and O–H groups in total. The minimum atomic E-state index is -0.492. The Morgan fingerprint density at radius 3 is 2.43 bits per heavy atom. The molecule has 4 aromatic rings. The average molecular weight is 488 g/mol. The molecule has 0 aliphatic carbocycles. The Bertz CT molecular complexity index is 1390. The molecule has 4 rings (SSSR count). The van der Waals surface area contributed by atoms with E-state index in [1.165, 1.54) is 18.9 Å². The van der Waals surface area contributed by atoms with Gasteiger partial charge in [-0.25, -0.2) is 9.78 Å². The SMILES string of the molecule is COC(=O)c1ccc2c(=O)n(CCc3ccccc3)c(SCCC(=O)Nc3ccccc3)nc2c1. The van der Waals surface area contributed by atoms with Gasteiger partial charge >= 0.3 is 5.97 Å². The van der Waals surface area contributed by atoms with Crippen molar-refractivity contribution in [3.8, 4) is 0 Å². The number of aryl methyl sites for hydroxylation is 1. The Morgan fingerprint density at radius 2 is 1.71 bits per heavy atom. The standard InChI is InChI=1S/C27H25N3O4S/c1-34-26(33)20-12-13-22-23(18-20)29-27(30(25(22)32)16-14-19-8-4-2-5-9-19)35-17-15-24(31)28-21-10-6-3-7-11-21/h2-13,18H,14-17H2,1H3,(H,28,31). The highest BCUT2D eigenvalue weighted by Crippen LogP contribution is 2.21. The summed E-state index contributed by atoms with van der Waals surface area (Å²) >= 11 is 1.34. The van der Waals surface area contributed by atoms with Crippen molar-refractivity contribution in [2.45, 2.75) is 24.5 Å². The number of carbonyl (C=O) groups is 2. The first-order valence-corrected chi connectivity index (χ1v) is 12.2. The normalized spacial score (nSPS) is 10.8. The molecule has 1 heterocycles. The van der Waals surface area contributed by atoms with Crippen LogP contribution in [0.5, 0.6) is 0 Å². The van der Waals surface area contributed by atoms with E-state index in [1.807, 2.05) is 60.7 Å². The van der Waals surface area contributed by atoms with Crippen LogP contribution in [0, 0.1) is 0 Å². The highest BCUT2D eigenvalue weighted by Gasteiger charge is 2.15. The number of esters is 1. The van der Waals surface area contributed by atoms with Crippen LogP contribution in [0.1, 0.15) is 22.3 Å². The van der Waals surface area contributed by atoms with Gasteiger partial charge in [-0.1, -0.05) is 60.3 Å². The van der Waals surface area contributed by atoms with Crippen LogP contribution in [0.15, 0.2) is 88.8 Å². The van der Waals surface area contributed by atoms with Crippen LogP contribution in [-0.4, -0.2) is 34.3 Å². The van der Waals surface area contributed by atoms with Crippen LogP contribution in [-0.2, 0) is 22.5 Å². The molecule has 0 saturated carbocycles. The van der Waals surface area contributed by atoms with Gasteiger partial charge in [0.05, 0.1) is 23.6 Å². The largest absolute Gasteiger partial charge is 0.465 e. The van der Waals surface area contributed by atoms with Crippen LogP contribution in [0.3, 0.4) is 0 Å². The Morgan fingerprint density at radius 1 is 1.00 bits per heavy atom. The number of methoxy groups -OCH3 is 1. The Hall–Kier alpha value is -3.91. The van der Waals surface area contributed by atoms with Crippen molar-refractivity contribution >= 4 is 40.2 Å². The van der Waals surface area contributed by atoms with Crippen LogP contribution in [0.25, 0.3) is 10.9 Å². The van der Waals surface area contributed by atoms with Gasteiger partial charge in [0.1, 0.15) is 0 Å². The molecule has 0 fully saturated rings. The predicted octanol–water partition coefficient (Wildman–Crippen LogP) is 4.55. The molecule has 0 aliphatic rings. The number of carbonyl (C=O) groups excluding carboxylic acids is 2. The fourth-order valence-electron chi connectivity index (χ4n) is 3.62. The minimum Gasteiger partial charge on any atom is -0.465 e. The zero-order chi connectivity index (χ0) is 24.6. The lowest BCUT2D eigenvalue weighted by Crippen LogP contribution is -2.25. The van der Waals surface area contributed by atoms with Crippen LogP contribution >= 0.6 is 11.8 Å². The number of hydrogen-bond donors (Lipinski definition) is 1. The monoisotopic (exact) mass is 487 g/mol. The van der Waals surface area contributed by atoms with Crippen molar-refractivity contribution in [1.82, 2.24) is 9.55 Å². The Labute approximate surface area is 207 Å². The van der Waals surface area contributed by atoms with Gasteiger partial charge in [-0.2, -0.15) is 0 Å². The molecule has 3 aromatic carbocycles. The number of anilines is 1. The number of aromatic nitrogens is 2. The van der Waals surface area contributed by atoms with Crippen LogP contribution < -0.4 is 10.9 Å². The lowest BCUT2D eigenvalue weighted by Gasteiger charge is -2.14. The number of hydrogen-bond acceptors (Lipinski definition) is 6. The van der Waals surface area contributed by atoms with Crippen LogP contribution in [0.4, 0.5) is 5.69 Å². The number of fused-ring (bicyclic) bond motifs is 1. The highest BCUT2D eigenvalue weighted by molar-refractivity contribution is 7.99. The molecule has 0 unspecified atom stereocenters. The van der Waals surface area contributed by atoms with Gasteiger partial charge < -0.3 is 10.1 Å². The summed E-state index contributed by atoms with van der Waals surface area (Å²) < 4.78 is 6.44. The highest BCUT2D eigenvalue weighted by atomic mass is 32.2. The predicted molar refractivity (Wildman–Crippen MR) is 138 cm³/mol. The minimum absolute atomic E-state index is 0.115. The molecule has 178 valence electrons. The maximum absolute atomic E-state index is 13.4. The number of para-hydroxylation sites is 1. The van der Waals surface area contributed by atoms with Gasteiger partial charge in [0, 0.05) is 24.4 Å². The van der Waals surface area contributed by atoms with Gasteiger partial charge in [0.2, 0.25) is 5.91 Å². The first kappa shape index (κ1) is 24.2. The summed E-state index contributed by atoms with van der Waals surface area (Å²) in [4.78, 5) is 42.4.